The molecule has 1 aliphatic carbocycles. The van der Waals surface area contributed by atoms with Gasteiger partial charge in [0.2, 0.25) is 0 Å². The molecule has 2 rings (SSSR count). The number of piperidine rings is 1. The largest absolute Gasteiger partial charge is 0.380 e. The van der Waals surface area contributed by atoms with Crippen LogP contribution in [0.25, 0.3) is 0 Å². The summed E-state index contributed by atoms with van der Waals surface area (Å²) in [6, 6.07) is 0. The second kappa shape index (κ2) is 8.43. The van der Waals surface area contributed by atoms with E-state index >= 15 is 0 Å². The lowest BCUT2D eigenvalue weighted by Crippen LogP contribution is -2.48. The molecule has 6 nitrogen and oxygen atoms in total. The minimum Gasteiger partial charge on any atom is -0.380 e. The lowest BCUT2D eigenvalue weighted by Gasteiger charge is -2.32. The summed E-state index contributed by atoms with van der Waals surface area (Å²) in [6.07, 6.45) is 4.55. The van der Waals surface area contributed by atoms with Crippen molar-refractivity contribution in [3.8, 4) is 0 Å². The Labute approximate surface area is 128 Å². The predicted octanol–water partition coefficient (Wildman–Crippen LogP) is 0.569. The van der Waals surface area contributed by atoms with E-state index in [1.54, 1.807) is 4.31 Å². The monoisotopic (exact) mass is 319 g/mol. The zero-order chi connectivity index (χ0) is 15.1. The fourth-order valence-electron chi connectivity index (χ4n) is 2.63. The third-order valence-electron chi connectivity index (χ3n) is 4.09. The van der Waals surface area contributed by atoms with Crippen LogP contribution in [0.15, 0.2) is 0 Å². The van der Waals surface area contributed by atoms with Gasteiger partial charge < -0.3 is 10.1 Å². The molecule has 0 bridgehead atoms. The van der Waals surface area contributed by atoms with Crippen molar-refractivity contribution in [3.63, 3.8) is 0 Å². The van der Waals surface area contributed by atoms with Gasteiger partial charge >= 0.3 is 0 Å². The average molecular weight is 319 g/mol. The van der Waals surface area contributed by atoms with Crippen molar-refractivity contribution in [1.29, 1.82) is 0 Å². The molecule has 2 N–H and O–H groups in total. The summed E-state index contributed by atoms with van der Waals surface area (Å²) in [5.74, 6) is 1.14. The molecule has 1 atom stereocenters. The van der Waals surface area contributed by atoms with Gasteiger partial charge in [0.15, 0.2) is 0 Å². The van der Waals surface area contributed by atoms with Crippen molar-refractivity contribution >= 4 is 10.2 Å². The number of nitrogens with zero attached hydrogens (tertiary/aromatic N) is 1. The summed E-state index contributed by atoms with van der Waals surface area (Å²) in [5.41, 5.74) is 0. The Hall–Kier alpha value is -0.210. The van der Waals surface area contributed by atoms with Crippen LogP contribution in [0.1, 0.15) is 32.6 Å². The molecule has 0 amide bonds. The van der Waals surface area contributed by atoms with Crippen molar-refractivity contribution in [1.82, 2.24) is 14.3 Å². The first-order valence-corrected chi connectivity index (χ1v) is 9.59. The second-order valence-electron chi connectivity index (χ2n) is 6.09. The maximum atomic E-state index is 12.3. The number of nitrogens with one attached hydrogen (secondary N) is 2. The van der Waals surface area contributed by atoms with Gasteiger partial charge in [-0.25, -0.2) is 0 Å². The first kappa shape index (κ1) is 17.1. The van der Waals surface area contributed by atoms with Gasteiger partial charge in [0.1, 0.15) is 0 Å². The highest BCUT2D eigenvalue weighted by Gasteiger charge is 2.28. The number of rotatable bonds is 10. The molecule has 1 unspecified atom stereocenters. The molecule has 2 aliphatic rings. The Morgan fingerprint density at radius 2 is 2.05 bits per heavy atom. The van der Waals surface area contributed by atoms with E-state index in [1.165, 1.54) is 12.8 Å². The van der Waals surface area contributed by atoms with E-state index in [9.17, 15) is 8.42 Å². The molecule has 0 aromatic heterocycles. The van der Waals surface area contributed by atoms with Crippen LogP contribution in [0, 0.1) is 11.8 Å². The van der Waals surface area contributed by atoms with E-state index < -0.39 is 10.2 Å². The molecule has 0 aromatic carbocycles. The van der Waals surface area contributed by atoms with Gasteiger partial charge in [0.05, 0.1) is 6.61 Å². The minimum absolute atomic E-state index is 0.365. The normalized spacial score (nSPS) is 24.3. The Kier molecular flexibility index (Phi) is 6.88. The lowest BCUT2D eigenvalue weighted by atomic mass is 10.00. The van der Waals surface area contributed by atoms with Gasteiger partial charge in [-0.15, -0.1) is 0 Å². The maximum Gasteiger partial charge on any atom is 0.279 e. The summed E-state index contributed by atoms with van der Waals surface area (Å²) in [6.45, 7) is 6.74. The quantitative estimate of drug-likeness (QED) is 0.578. The van der Waals surface area contributed by atoms with Crippen LogP contribution in [-0.2, 0) is 14.9 Å². The molecule has 0 radical (unpaired) electrons. The van der Waals surface area contributed by atoms with E-state index in [4.69, 9.17) is 4.74 Å². The smallest absolute Gasteiger partial charge is 0.279 e. The first-order valence-electron chi connectivity index (χ1n) is 8.15. The SMILES string of the molecule is CCNCC1CCCN(S(=O)(=O)NCCOCC2CC2)C1. The second-order valence-corrected chi connectivity index (χ2v) is 7.85. The molecule has 124 valence electrons. The van der Waals surface area contributed by atoms with Crippen LogP contribution in [0.4, 0.5) is 0 Å². The van der Waals surface area contributed by atoms with E-state index in [1.807, 2.05) is 0 Å². The van der Waals surface area contributed by atoms with Gasteiger partial charge in [0.25, 0.3) is 10.2 Å². The van der Waals surface area contributed by atoms with E-state index in [-0.39, 0.29) is 0 Å². The summed E-state index contributed by atoms with van der Waals surface area (Å²) in [5, 5.41) is 3.30. The van der Waals surface area contributed by atoms with Crippen LogP contribution >= 0.6 is 0 Å². The van der Waals surface area contributed by atoms with Crippen molar-refractivity contribution in [2.24, 2.45) is 11.8 Å². The average Bonchev–Trinajstić information content (AvgIpc) is 3.29. The third kappa shape index (κ3) is 6.20. The van der Waals surface area contributed by atoms with E-state index in [0.717, 1.165) is 38.5 Å². The Morgan fingerprint density at radius 3 is 2.76 bits per heavy atom. The molecule has 0 spiro atoms. The number of hydrogen-bond acceptors (Lipinski definition) is 4. The fraction of sp³-hybridized carbons (Fsp3) is 1.00. The molecule has 1 heterocycles. The first-order chi connectivity index (χ1) is 10.1. The maximum absolute atomic E-state index is 12.3. The Morgan fingerprint density at radius 1 is 1.24 bits per heavy atom. The zero-order valence-electron chi connectivity index (χ0n) is 13.0. The summed E-state index contributed by atoms with van der Waals surface area (Å²) in [4.78, 5) is 0. The molecule has 2 fully saturated rings. The van der Waals surface area contributed by atoms with Crippen LogP contribution < -0.4 is 10.0 Å². The number of ether oxygens (including phenoxy) is 1. The molecule has 21 heavy (non-hydrogen) atoms. The van der Waals surface area contributed by atoms with Gasteiger partial charge in [0, 0.05) is 26.2 Å². The molecule has 1 saturated heterocycles. The van der Waals surface area contributed by atoms with Gasteiger partial charge in [-0.05, 0) is 50.6 Å². The minimum atomic E-state index is -3.35. The Bertz CT molecular complexity index is 398. The van der Waals surface area contributed by atoms with Crippen molar-refractivity contribution in [2.75, 3.05) is 45.9 Å². The van der Waals surface area contributed by atoms with Crippen LogP contribution in [0.3, 0.4) is 0 Å². The summed E-state index contributed by atoms with van der Waals surface area (Å²) in [7, 11) is -3.35. The van der Waals surface area contributed by atoms with E-state index in [2.05, 4.69) is 17.0 Å². The van der Waals surface area contributed by atoms with Crippen molar-refractivity contribution in [2.45, 2.75) is 32.6 Å². The van der Waals surface area contributed by atoms with Gasteiger partial charge in [-0.3, -0.25) is 0 Å². The lowest BCUT2D eigenvalue weighted by molar-refractivity contribution is 0.129. The predicted molar refractivity (Wildman–Crippen MR) is 83.3 cm³/mol. The standard InChI is InChI=1S/C14H29N3O3S/c1-2-15-10-14-4-3-8-17(11-14)21(18,19)16-7-9-20-12-13-5-6-13/h13-16H,2-12H2,1H3. The zero-order valence-corrected chi connectivity index (χ0v) is 13.8. The third-order valence-corrected chi connectivity index (χ3v) is 5.67. The highest BCUT2D eigenvalue weighted by molar-refractivity contribution is 7.87. The van der Waals surface area contributed by atoms with Crippen LogP contribution in [-0.4, -0.2) is 58.7 Å². The van der Waals surface area contributed by atoms with Gasteiger partial charge in [-0.2, -0.15) is 17.4 Å². The van der Waals surface area contributed by atoms with Crippen molar-refractivity contribution in [3.05, 3.63) is 0 Å². The molecule has 0 aromatic rings. The summed E-state index contributed by atoms with van der Waals surface area (Å²) >= 11 is 0. The Balaban J connectivity index is 1.67. The van der Waals surface area contributed by atoms with Crippen LogP contribution in [0.2, 0.25) is 0 Å². The van der Waals surface area contributed by atoms with E-state index in [0.29, 0.717) is 32.2 Å². The highest BCUT2D eigenvalue weighted by Crippen LogP contribution is 2.28. The summed E-state index contributed by atoms with van der Waals surface area (Å²) < 4.78 is 34.2. The molecule has 1 aliphatic heterocycles. The molecule has 1 saturated carbocycles. The van der Waals surface area contributed by atoms with Crippen LogP contribution in [0.5, 0.6) is 0 Å². The number of hydrogen-bond donors (Lipinski definition) is 2. The van der Waals surface area contributed by atoms with Crippen molar-refractivity contribution < 1.29 is 13.2 Å². The van der Waals surface area contributed by atoms with Gasteiger partial charge in [-0.1, -0.05) is 6.92 Å². The topological polar surface area (TPSA) is 70.7 Å². The molecule has 7 heteroatoms. The molecular formula is C14H29N3O3S. The fourth-order valence-corrected chi connectivity index (χ4v) is 3.93. The molecular weight excluding hydrogens is 290 g/mol. The highest BCUT2D eigenvalue weighted by atomic mass is 32.2.